The second-order valence-corrected chi connectivity index (χ2v) is 9.26. The molecule has 0 spiro atoms. The van der Waals surface area contributed by atoms with E-state index in [2.05, 4.69) is 39.7 Å². The Hall–Kier alpha value is -4.03. The molecule has 2 heterocycles. The highest BCUT2D eigenvalue weighted by molar-refractivity contribution is 5.95. The average Bonchev–Trinajstić information content (AvgIpc) is 3.17. The van der Waals surface area contributed by atoms with Crippen LogP contribution in [0.4, 0.5) is 4.39 Å². The zero-order chi connectivity index (χ0) is 25.1. The molecule has 0 radical (unpaired) electrons. The van der Waals surface area contributed by atoms with Crippen LogP contribution in [0.2, 0.25) is 0 Å². The molecule has 3 aromatic carbocycles. The molecule has 0 saturated carbocycles. The second kappa shape index (κ2) is 10.3. The van der Waals surface area contributed by atoms with Crippen LogP contribution in [0.1, 0.15) is 44.0 Å². The maximum Gasteiger partial charge on any atom is 0.271 e. The number of rotatable bonds is 6. The molecule has 182 valence electrons. The number of aromatic nitrogens is 1. The van der Waals surface area contributed by atoms with Gasteiger partial charge in [-0.2, -0.15) is 5.10 Å². The Labute approximate surface area is 210 Å². The minimum Gasteiger partial charge on any atom is -0.318 e. The van der Waals surface area contributed by atoms with E-state index in [0.717, 1.165) is 48.7 Å². The fourth-order valence-electron chi connectivity index (χ4n) is 4.84. The van der Waals surface area contributed by atoms with Gasteiger partial charge >= 0.3 is 0 Å². The minimum absolute atomic E-state index is 0.253. The molecule has 1 N–H and O–H groups in total. The highest BCUT2D eigenvalue weighted by atomic mass is 19.1. The number of amides is 1. The topological polar surface area (TPSA) is 49.6 Å². The fourth-order valence-corrected chi connectivity index (χ4v) is 4.84. The first-order valence-electron chi connectivity index (χ1n) is 12.1. The molecule has 36 heavy (non-hydrogen) atoms. The van der Waals surface area contributed by atoms with Crippen molar-refractivity contribution in [2.75, 3.05) is 6.54 Å². The van der Waals surface area contributed by atoms with Gasteiger partial charge in [0.15, 0.2) is 0 Å². The number of aryl methyl sites for hydroxylation is 1. The summed E-state index contributed by atoms with van der Waals surface area (Å²) in [7, 11) is 0. The molecule has 0 aliphatic carbocycles. The number of hydrogen-bond donors (Lipinski definition) is 1. The molecular formula is C30H29FN4O. The molecule has 6 heteroatoms. The Morgan fingerprint density at radius 3 is 2.47 bits per heavy atom. The van der Waals surface area contributed by atoms with Crippen molar-refractivity contribution in [1.82, 2.24) is 14.9 Å². The molecule has 1 aliphatic heterocycles. The maximum absolute atomic E-state index is 13.3. The molecule has 0 bridgehead atoms. The molecule has 1 aromatic heterocycles. The summed E-state index contributed by atoms with van der Waals surface area (Å²) in [6, 6.07) is 24.7. The number of nitrogens with zero attached hydrogens (tertiary/aromatic N) is 3. The van der Waals surface area contributed by atoms with Crippen LogP contribution in [0.15, 0.2) is 84.0 Å². The van der Waals surface area contributed by atoms with E-state index >= 15 is 0 Å². The van der Waals surface area contributed by atoms with Crippen LogP contribution in [0, 0.1) is 19.7 Å². The smallest absolute Gasteiger partial charge is 0.271 e. The van der Waals surface area contributed by atoms with Crippen molar-refractivity contribution in [1.29, 1.82) is 0 Å². The van der Waals surface area contributed by atoms with Crippen molar-refractivity contribution >= 4 is 12.1 Å². The lowest BCUT2D eigenvalue weighted by atomic mass is 9.99. The van der Waals surface area contributed by atoms with Crippen LogP contribution in [0.25, 0.3) is 5.69 Å². The van der Waals surface area contributed by atoms with Crippen molar-refractivity contribution in [2.24, 2.45) is 5.10 Å². The lowest BCUT2D eigenvalue weighted by Gasteiger charge is -2.28. The zero-order valence-electron chi connectivity index (χ0n) is 20.5. The second-order valence-electron chi connectivity index (χ2n) is 9.26. The van der Waals surface area contributed by atoms with Crippen LogP contribution in [0.3, 0.4) is 0 Å². The predicted molar refractivity (Wildman–Crippen MR) is 141 cm³/mol. The van der Waals surface area contributed by atoms with Gasteiger partial charge < -0.3 is 4.57 Å². The van der Waals surface area contributed by atoms with Gasteiger partial charge in [0.05, 0.1) is 6.21 Å². The number of carbonyl (C=O) groups is 1. The van der Waals surface area contributed by atoms with Crippen molar-refractivity contribution in [3.63, 3.8) is 0 Å². The molecule has 0 atom stereocenters. The van der Waals surface area contributed by atoms with Crippen molar-refractivity contribution < 1.29 is 9.18 Å². The normalized spacial score (nSPS) is 13.6. The van der Waals surface area contributed by atoms with Gasteiger partial charge in [0.2, 0.25) is 0 Å². The van der Waals surface area contributed by atoms with E-state index < -0.39 is 0 Å². The quantitative estimate of drug-likeness (QED) is 0.290. The van der Waals surface area contributed by atoms with Gasteiger partial charge in [0.25, 0.3) is 5.91 Å². The highest BCUT2D eigenvalue weighted by Gasteiger charge is 2.16. The lowest BCUT2D eigenvalue weighted by Crippen LogP contribution is -2.30. The van der Waals surface area contributed by atoms with Crippen molar-refractivity contribution in [3.05, 3.63) is 124 Å². The van der Waals surface area contributed by atoms with Gasteiger partial charge in [-0.3, -0.25) is 9.69 Å². The summed E-state index contributed by atoms with van der Waals surface area (Å²) in [5.41, 5.74) is 10.9. The van der Waals surface area contributed by atoms with Crippen LogP contribution < -0.4 is 5.43 Å². The van der Waals surface area contributed by atoms with Gasteiger partial charge in [-0.15, -0.1) is 0 Å². The Bertz CT molecular complexity index is 1400. The van der Waals surface area contributed by atoms with Crippen LogP contribution >= 0.6 is 0 Å². The number of nitrogens with one attached hydrogen (secondary N) is 1. The summed E-state index contributed by atoms with van der Waals surface area (Å²) in [5, 5.41) is 4.17. The monoisotopic (exact) mass is 480 g/mol. The van der Waals surface area contributed by atoms with E-state index in [1.807, 2.05) is 48.7 Å². The van der Waals surface area contributed by atoms with E-state index in [-0.39, 0.29) is 11.7 Å². The minimum atomic E-state index is -0.268. The van der Waals surface area contributed by atoms with Gasteiger partial charge in [-0.1, -0.05) is 36.4 Å². The Kier molecular flexibility index (Phi) is 6.78. The third kappa shape index (κ3) is 5.14. The first-order valence-corrected chi connectivity index (χ1v) is 12.1. The first-order chi connectivity index (χ1) is 17.5. The third-order valence-electron chi connectivity index (χ3n) is 6.76. The Morgan fingerprint density at radius 1 is 1.00 bits per heavy atom. The third-order valence-corrected chi connectivity index (χ3v) is 6.76. The number of halogens is 1. The van der Waals surface area contributed by atoms with E-state index in [0.29, 0.717) is 5.56 Å². The van der Waals surface area contributed by atoms with Crippen LogP contribution in [0.5, 0.6) is 0 Å². The molecule has 5 nitrogen and oxygen atoms in total. The number of benzene rings is 3. The van der Waals surface area contributed by atoms with Gasteiger partial charge in [-0.05, 0) is 79.4 Å². The Balaban J connectivity index is 1.19. The average molecular weight is 481 g/mol. The summed E-state index contributed by atoms with van der Waals surface area (Å²) in [5.74, 6) is -0.520. The molecule has 4 aromatic rings. The van der Waals surface area contributed by atoms with Crippen LogP contribution in [-0.4, -0.2) is 28.1 Å². The molecule has 0 saturated heterocycles. The van der Waals surface area contributed by atoms with Crippen molar-refractivity contribution in [2.45, 2.75) is 33.4 Å². The number of fused-ring (bicyclic) bond motifs is 1. The standard InChI is InChI=1S/C30H29FN4O/c1-21-17-27(22(2)35(21)29-13-11-28(31)12-14-29)18-32-33-30(36)25-9-7-23(8-10-25)19-34-16-15-24-5-3-4-6-26(24)20-34/h3-14,17-18H,15-16,19-20H2,1-2H3,(H,33,36)/b32-18-. The summed E-state index contributed by atoms with van der Waals surface area (Å²) in [4.78, 5) is 15.0. The van der Waals surface area contributed by atoms with E-state index in [9.17, 15) is 9.18 Å². The SMILES string of the molecule is Cc1cc(/C=N\NC(=O)c2ccc(CN3CCc4ccccc4C3)cc2)c(C)n1-c1ccc(F)cc1. The van der Waals surface area contributed by atoms with Gasteiger partial charge in [0.1, 0.15) is 5.82 Å². The molecule has 5 rings (SSSR count). The number of carbonyl (C=O) groups excluding carboxylic acids is 1. The van der Waals surface area contributed by atoms with E-state index in [1.54, 1.807) is 18.3 Å². The van der Waals surface area contributed by atoms with Gasteiger partial charge in [-0.25, -0.2) is 9.82 Å². The van der Waals surface area contributed by atoms with Crippen LogP contribution in [-0.2, 0) is 19.5 Å². The summed E-state index contributed by atoms with van der Waals surface area (Å²) >= 11 is 0. The highest BCUT2D eigenvalue weighted by Crippen LogP contribution is 2.21. The predicted octanol–water partition coefficient (Wildman–Crippen LogP) is 5.56. The summed E-state index contributed by atoms with van der Waals surface area (Å²) < 4.78 is 15.3. The fraction of sp³-hybridized carbons (Fsp3) is 0.200. The largest absolute Gasteiger partial charge is 0.318 e. The van der Waals surface area contributed by atoms with Crippen molar-refractivity contribution in [3.8, 4) is 5.69 Å². The van der Waals surface area contributed by atoms with E-state index in [4.69, 9.17) is 0 Å². The molecule has 0 fully saturated rings. The molecular weight excluding hydrogens is 451 g/mol. The maximum atomic E-state index is 13.3. The van der Waals surface area contributed by atoms with Gasteiger partial charge in [0, 0.05) is 47.8 Å². The molecule has 0 unspecified atom stereocenters. The molecule has 1 aliphatic rings. The zero-order valence-corrected chi connectivity index (χ0v) is 20.5. The lowest BCUT2D eigenvalue weighted by molar-refractivity contribution is 0.0955. The summed E-state index contributed by atoms with van der Waals surface area (Å²) in [6.45, 7) is 6.80. The number of hydrazone groups is 1. The molecule has 1 amide bonds. The Morgan fingerprint density at radius 2 is 1.72 bits per heavy atom. The first kappa shape index (κ1) is 23.7. The summed E-state index contributed by atoms with van der Waals surface area (Å²) in [6.07, 6.45) is 2.71. The number of hydrogen-bond acceptors (Lipinski definition) is 3. The van der Waals surface area contributed by atoms with E-state index in [1.165, 1.54) is 28.8 Å².